The number of ether oxygens (including phenoxy) is 2. The molecule has 1 fully saturated rings. The van der Waals surface area contributed by atoms with Gasteiger partial charge in [0.15, 0.2) is 0 Å². The van der Waals surface area contributed by atoms with Crippen LogP contribution in [0.3, 0.4) is 0 Å². The van der Waals surface area contributed by atoms with Crippen LogP contribution in [0.25, 0.3) is 22.2 Å². The van der Waals surface area contributed by atoms with Crippen molar-refractivity contribution in [2.24, 2.45) is 0 Å². The molecule has 2 heterocycles. The van der Waals surface area contributed by atoms with E-state index in [9.17, 15) is 5.26 Å². The van der Waals surface area contributed by atoms with Crippen LogP contribution in [0.1, 0.15) is 19.4 Å². The molecule has 0 saturated carbocycles. The number of nitriles is 1. The Morgan fingerprint density at radius 2 is 1.87 bits per heavy atom. The predicted octanol–water partition coefficient (Wildman–Crippen LogP) is 4.34. The van der Waals surface area contributed by atoms with E-state index in [2.05, 4.69) is 65.0 Å². The van der Waals surface area contributed by atoms with Crippen LogP contribution in [-0.2, 0) is 11.3 Å². The lowest BCUT2D eigenvalue weighted by atomic mass is 10.1. The summed E-state index contributed by atoms with van der Waals surface area (Å²) in [6.45, 7) is 10.9. The number of nitrogens with zero attached hydrogens (tertiary/aromatic N) is 3. The van der Waals surface area contributed by atoms with Gasteiger partial charge in [0.2, 0.25) is 0 Å². The lowest BCUT2D eigenvalue weighted by Gasteiger charge is -2.26. The van der Waals surface area contributed by atoms with Gasteiger partial charge in [-0.15, -0.1) is 0 Å². The van der Waals surface area contributed by atoms with E-state index in [0.29, 0.717) is 12.2 Å². The van der Waals surface area contributed by atoms with Crippen molar-refractivity contribution in [2.75, 3.05) is 51.3 Å². The van der Waals surface area contributed by atoms with E-state index < -0.39 is 0 Å². The van der Waals surface area contributed by atoms with Crippen molar-refractivity contribution < 1.29 is 9.47 Å². The molecule has 0 bridgehead atoms. The normalized spacial score (nSPS) is 14.5. The first-order valence-electron chi connectivity index (χ1n) is 11.1. The van der Waals surface area contributed by atoms with Crippen LogP contribution >= 0.6 is 0 Å². The Labute approximate surface area is 184 Å². The van der Waals surface area contributed by atoms with Crippen molar-refractivity contribution >= 4 is 16.6 Å². The number of hydrogen-bond acceptors (Lipinski definition) is 5. The highest BCUT2D eigenvalue weighted by atomic mass is 16.5. The molecular weight excluding hydrogens is 388 g/mol. The molecule has 3 aromatic rings. The number of fused-ring (bicyclic) bond motifs is 1. The summed E-state index contributed by atoms with van der Waals surface area (Å²) in [6.07, 6.45) is 0. The maximum atomic E-state index is 9.96. The third-order valence-corrected chi connectivity index (χ3v) is 5.78. The maximum absolute atomic E-state index is 9.96. The summed E-state index contributed by atoms with van der Waals surface area (Å²) in [7, 11) is 0. The van der Waals surface area contributed by atoms with E-state index in [1.807, 2.05) is 12.1 Å². The molecule has 0 aliphatic carbocycles. The number of morpholine rings is 1. The highest BCUT2D eigenvalue weighted by Crippen LogP contribution is 2.35. The molecule has 0 spiro atoms. The molecule has 0 atom stereocenters. The lowest BCUT2D eigenvalue weighted by molar-refractivity contribution is 0.0322. The Morgan fingerprint density at radius 3 is 2.55 bits per heavy atom. The molecule has 31 heavy (non-hydrogen) atoms. The highest BCUT2D eigenvalue weighted by molar-refractivity contribution is 5.95. The molecule has 0 radical (unpaired) electrons. The van der Waals surface area contributed by atoms with Crippen LogP contribution in [0.5, 0.6) is 5.75 Å². The summed E-state index contributed by atoms with van der Waals surface area (Å²) in [5.74, 6) is 0.839. The zero-order chi connectivity index (χ0) is 21.6. The minimum atomic E-state index is 0.641. The predicted molar refractivity (Wildman–Crippen MR) is 125 cm³/mol. The molecule has 162 valence electrons. The van der Waals surface area contributed by atoms with Gasteiger partial charge in [0, 0.05) is 49.9 Å². The van der Waals surface area contributed by atoms with E-state index in [1.54, 1.807) is 0 Å². The summed E-state index contributed by atoms with van der Waals surface area (Å²) in [5.41, 5.74) is 4.85. The van der Waals surface area contributed by atoms with E-state index in [0.717, 1.165) is 79.5 Å². The monoisotopic (exact) mass is 418 g/mol. The first kappa shape index (κ1) is 21.2. The standard InChI is InChI=1S/C25H30N4O2/c1-3-27-20-7-5-19(6-8-20)25-23(18-26)22-10-9-21(17-24(22)29(25)4-2)31-16-13-28-11-14-30-15-12-28/h5-10,17,27H,3-4,11-16H2,1-2H3. The number of hydrogen-bond donors (Lipinski definition) is 1. The van der Waals surface area contributed by atoms with Crippen molar-refractivity contribution in [3.05, 3.63) is 48.0 Å². The van der Waals surface area contributed by atoms with E-state index in [-0.39, 0.29) is 0 Å². The van der Waals surface area contributed by atoms with Crippen LogP contribution in [0, 0.1) is 11.3 Å². The van der Waals surface area contributed by atoms with E-state index in [1.165, 1.54) is 0 Å². The Balaban J connectivity index is 1.62. The quantitative estimate of drug-likeness (QED) is 0.590. The number of rotatable bonds is 8. The van der Waals surface area contributed by atoms with Crippen molar-refractivity contribution in [3.8, 4) is 23.1 Å². The lowest BCUT2D eigenvalue weighted by Crippen LogP contribution is -2.38. The first-order chi connectivity index (χ1) is 15.2. The molecule has 6 heteroatoms. The van der Waals surface area contributed by atoms with Gasteiger partial charge in [0.05, 0.1) is 30.0 Å². The number of benzene rings is 2. The van der Waals surface area contributed by atoms with Gasteiger partial charge in [-0.1, -0.05) is 12.1 Å². The van der Waals surface area contributed by atoms with Crippen LogP contribution in [0.4, 0.5) is 5.69 Å². The zero-order valence-corrected chi connectivity index (χ0v) is 18.4. The largest absolute Gasteiger partial charge is 0.492 e. The molecule has 1 aromatic heterocycles. The number of anilines is 1. The highest BCUT2D eigenvalue weighted by Gasteiger charge is 2.19. The third-order valence-electron chi connectivity index (χ3n) is 5.78. The fourth-order valence-corrected chi connectivity index (χ4v) is 4.23. The van der Waals surface area contributed by atoms with Crippen LogP contribution < -0.4 is 10.1 Å². The Kier molecular flexibility index (Phi) is 6.76. The molecule has 6 nitrogen and oxygen atoms in total. The SMILES string of the molecule is CCNc1ccc(-c2c(C#N)c3ccc(OCCN4CCOCC4)cc3n2CC)cc1. The summed E-state index contributed by atoms with van der Waals surface area (Å²) in [5, 5.41) is 14.2. The van der Waals surface area contributed by atoms with Gasteiger partial charge in [-0.2, -0.15) is 5.26 Å². The van der Waals surface area contributed by atoms with Gasteiger partial charge in [-0.3, -0.25) is 4.90 Å². The zero-order valence-electron chi connectivity index (χ0n) is 18.4. The fourth-order valence-electron chi connectivity index (χ4n) is 4.23. The Hall–Kier alpha value is -3.01. The van der Waals surface area contributed by atoms with Crippen LogP contribution in [-0.4, -0.2) is 55.5 Å². The number of aryl methyl sites for hydroxylation is 1. The van der Waals surface area contributed by atoms with Crippen molar-refractivity contribution in [1.29, 1.82) is 5.26 Å². The molecule has 1 saturated heterocycles. The van der Waals surface area contributed by atoms with E-state index in [4.69, 9.17) is 9.47 Å². The van der Waals surface area contributed by atoms with Crippen molar-refractivity contribution in [3.63, 3.8) is 0 Å². The molecule has 4 rings (SSSR count). The Morgan fingerprint density at radius 1 is 1.10 bits per heavy atom. The molecule has 0 amide bonds. The summed E-state index contributed by atoms with van der Waals surface area (Å²) in [4.78, 5) is 2.36. The van der Waals surface area contributed by atoms with Crippen LogP contribution in [0.15, 0.2) is 42.5 Å². The van der Waals surface area contributed by atoms with Crippen molar-refractivity contribution in [2.45, 2.75) is 20.4 Å². The second-order valence-corrected chi connectivity index (χ2v) is 7.67. The Bertz CT molecular complexity index is 1060. The van der Waals surface area contributed by atoms with Gasteiger partial charge in [0.1, 0.15) is 18.4 Å². The van der Waals surface area contributed by atoms with Gasteiger partial charge in [0.25, 0.3) is 0 Å². The van der Waals surface area contributed by atoms with Gasteiger partial charge in [-0.05, 0) is 43.7 Å². The molecule has 1 aliphatic rings. The second kappa shape index (κ2) is 9.86. The molecule has 2 aromatic carbocycles. The fraction of sp³-hybridized carbons (Fsp3) is 0.400. The number of aromatic nitrogens is 1. The summed E-state index contributed by atoms with van der Waals surface area (Å²) >= 11 is 0. The average molecular weight is 419 g/mol. The maximum Gasteiger partial charge on any atom is 0.121 e. The molecular formula is C25H30N4O2. The topological polar surface area (TPSA) is 62.4 Å². The summed E-state index contributed by atoms with van der Waals surface area (Å²) in [6, 6.07) is 16.8. The smallest absolute Gasteiger partial charge is 0.121 e. The molecule has 0 unspecified atom stereocenters. The van der Waals surface area contributed by atoms with Crippen molar-refractivity contribution in [1.82, 2.24) is 9.47 Å². The number of nitrogens with one attached hydrogen (secondary N) is 1. The summed E-state index contributed by atoms with van der Waals surface area (Å²) < 4.78 is 13.7. The first-order valence-corrected chi connectivity index (χ1v) is 11.1. The van der Waals surface area contributed by atoms with Gasteiger partial charge >= 0.3 is 0 Å². The average Bonchev–Trinajstić information content (AvgIpc) is 3.13. The minimum Gasteiger partial charge on any atom is -0.492 e. The molecule has 1 aliphatic heterocycles. The van der Waals surface area contributed by atoms with Crippen LogP contribution in [0.2, 0.25) is 0 Å². The molecule has 1 N–H and O–H groups in total. The van der Waals surface area contributed by atoms with E-state index >= 15 is 0 Å². The van der Waals surface area contributed by atoms with Gasteiger partial charge in [-0.25, -0.2) is 0 Å². The minimum absolute atomic E-state index is 0.641. The van der Waals surface area contributed by atoms with Gasteiger partial charge < -0.3 is 19.4 Å². The third kappa shape index (κ3) is 4.53. The second-order valence-electron chi connectivity index (χ2n) is 7.67.